The van der Waals surface area contributed by atoms with Crippen molar-refractivity contribution in [3.8, 4) is 0 Å². The molecule has 0 bridgehead atoms. The molecule has 1 unspecified atom stereocenters. The van der Waals surface area contributed by atoms with Crippen LogP contribution in [0.5, 0.6) is 0 Å². The van der Waals surface area contributed by atoms with Crippen LogP contribution in [0.1, 0.15) is 19.3 Å². The number of benzene rings is 2. The van der Waals surface area contributed by atoms with Crippen molar-refractivity contribution in [3.63, 3.8) is 0 Å². The zero-order valence-corrected chi connectivity index (χ0v) is 18.5. The molecule has 2 fully saturated rings. The number of sulfonamides is 1. The maximum absolute atomic E-state index is 13.3. The van der Waals surface area contributed by atoms with Gasteiger partial charge in [-0.25, -0.2) is 8.42 Å². The van der Waals surface area contributed by atoms with Crippen molar-refractivity contribution in [1.82, 2.24) is 4.31 Å². The van der Waals surface area contributed by atoms with Gasteiger partial charge >= 0.3 is 0 Å². The fourth-order valence-corrected chi connectivity index (χ4v) is 6.61. The van der Waals surface area contributed by atoms with E-state index in [2.05, 4.69) is 0 Å². The highest BCUT2D eigenvalue weighted by molar-refractivity contribution is 7.89. The van der Waals surface area contributed by atoms with E-state index < -0.39 is 15.4 Å². The van der Waals surface area contributed by atoms with Crippen molar-refractivity contribution in [1.29, 1.82) is 0 Å². The Labute approximate surface area is 185 Å². The lowest BCUT2D eigenvalue weighted by Crippen LogP contribution is -2.49. The third-order valence-corrected chi connectivity index (χ3v) is 8.18. The molecule has 2 aromatic carbocycles. The number of hydrogen-bond acceptors (Lipinski definition) is 3. The molecular formula is C20H19Cl3N2O3S. The minimum atomic E-state index is -3.81. The Morgan fingerprint density at radius 1 is 0.862 bits per heavy atom. The number of amides is 1. The maximum Gasteiger partial charge on any atom is 0.243 e. The molecule has 0 radical (unpaired) electrons. The predicted octanol–water partition coefficient (Wildman–Crippen LogP) is 4.85. The first-order valence-corrected chi connectivity index (χ1v) is 11.8. The average molecular weight is 474 g/mol. The van der Waals surface area contributed by atoms with Crippen LogP contribution in [0.25, 0.3) is 0 Å². The van der Waals surface area contributed by atoms with Gasteiger partial charge in [0.05, 0.1) is 10.3 Å². The van der Waals surface area contributed by atoms with Crippen molar-refractivity contribution in [2.45, 2.75) is 24.2 Å². The van der Waals surface area contributed by atoms with E-state index in [9.17, 15) is 13.2 Å². The largest absolute Gasteiger partial charge is 0.312 e. The van der Waals surface area contributed by atoms with Gasteiger partial charge in [-0.1, -0.05) is 34.8 Å². The van der Waals surface area contributed by atoms with Gasteiger partial charge in [0.25, 0.3) is 0 Å². The quantitative estimate of drug-likeness (QED) is 0.640. The second kappa shape index (κ2) is 7.75. The molecule has 2 aromatic rings. The summed E-state index contributed by atoms with van der Waals surface area (Å²) in [4.78, 5) is 15.1. The van der Waals surface area contributed by atoms with Crippen LogP contribution >= 0.6 is 34.8 Å². The lowest BCUT2D eigenvalue weighted by Gasteiger charge is -2.38. The van der Waals surface area contributed by atoms with Gasteiger partial charge in [0, 0.05) is 40.4 Å². The first-order chi connectivity index (χ1) is 13.7. The van der Waals surface area contributed by atoms with Crippen LogP contribution in [0, 0.1) is 5.41 Å². The Hall–Kier alpha value is -1.31. The van der Waals surface area contributed by atoms with Crippen molar-refractivity contribution >= 4 is 56.4 Å². The van der Waals surface area contributed by atoms with Gasteiger partial charge in [0.15, 0.2) is 0 Å². The van der Waals surface area contributed by atoms with E-state index in [1.807, 2.05) is 12.1 Å². The number of hydrogen-bond donors (Lipinski definition) is 0. The molecule has 0 aromatic heterocycles. The standard InChI is InChI=1S/C20H19Cl3N2O3S/c21-14-2-4-17(5-3-14)25-9-7-20(19(25)26)6-1-8-24(13-20)29(27,28)18-11-15(22)10-16(23)12-18/h2-5,10-12H,1,6-9,13H2. The summed E-state index contributed by atoms with van der Waals surface area (Å²) in [6.45, 7) is 1.07. The maximum atomic E-state index is 13.3. The van der Waals surface area contributed by atoms with E-state index in [0.717, 1.165) is 5.69 Å². The van der Waals surface area contributed by atoms with Gasteiger partial charge in [0.1, 0.15) is 0 Å². The molecule has 1 amide bonds. The Morgan fingerprint density at radius 3 is 2.17 bits per heavy atom. The normalized spacial score (nSPS) is 23.1. The molecule has 2 heterocycles. The summed E-state index contributed by atoms with van der Waals surface area (Å²) < 4.78 is 27.8. The fraction of sp³-hybridized carbons (Fsp3) is 0.350. The molecule has 2 aliphatic rings. The van der Waals surface area contributed by atoms with Gasteiger partial charge < -0.3 is 4.90 Å². The summed E-state index contributed by atoms with van der Waals surface area (Å²) in [5, 5.41) is 1.12. The predicted molar refractivity (Wildman–Crippen MR) is 115 cm³/mol. The van der Waals surface area contributed by atoms with Crippen LogP contribution < -0.4 is 4.90 Å². The van der Waals surface area contributed by atoms with Crippen molar-refractivity contribution in [3.05, 3.63) is 57.5 Å². The van der Waals surface area contributed by atoms with Gasteiger partial charge in [-0.15, -0.1) is 0 Å². The Kier molecular flexibility index (Phi) is 5.59. The van der Waals surface area contributed by atoms with Gasteiger partial charge in [0.2, 0.25) is 15.9 Å². The van der Waals surface area contributed by atoms with Gasteiger partial charge in [-0.3, -0.25) is 4.79 Å². The van der Waals surface area contributed by atoms with E-state index in [4.69, 9.17) is 34.8 Å². The first-order valence-electron chi connectivity index (χ1n) is 9.25. The highest BCUT2D eigenvalue weighted by Crippen LogP contribution is 2.43. The Balaban J connectivity index is 1.61. The highest BCUT2D eigenvalue weighted by Gasteiger charge is 2.51. The monoisotopic (exact) mass is 472 g/mol. The van der Waals surface area contributed by atoms with Crippen molar-refractivity contribution in [2.24, 2.45) is 5.41 Å². The molecule has 0 N–H and O–H groups in total. The summed E-state index contributed by atoms with van der Waals surface area (Å²) in [6, 6.07) is 11.4. The van der Waals surface area contributed by atoms with Gasteiger partial charge in [-0.2, -0.15) is 4.31 Å². The second-order valence-electron chi connectivity index (χ2n) is 7.51. The molecule has 4 rings (SSSR count). The lowest BCUT2D eigenvalue weighted by atomic mass is 9.79. The van der Waals surface area contributed by atoms with Crippen LogP contribution in [-0.4, -0.2) is 38.3 Å². The third-order valence-electron chi connectivity index (χ3n) is 5.67. The number of carbonyl (C=O) groups is 1. The third kappa shape index (κ3) is 3.89. The SMILES string of the molecule is O=C1N(c2ccc(Cl)cc2)CCC12CCCN(S(=O)(=O)c1cc(Cl)cc(Cl)c1)C2. The highest BCUT2D eigenvalue weighted by atomic mass is 35.5. The fourth-order valence-electron chi connectivity index (χ4n) is 4.19. The number of anilines is 1. The van der Waals surface area contributed by atoms with Crippen LogP contribution in [0.3, 0.4) is 0 Å². The van der Waals surface area contributed by atoms with E-state index >= 15 is 0 Å². The van der Waals surface area contributed by atoms with E-state index in [-0.39, 0.29) is 27.4 Å². The molecule has 29 heavy (non-hydrogen) atoms. The lowest BCUT2D eigenvalue weighted by molar-refractivity contribution is -0.127. The molecule has 5 nitrogen and oxygen atoms in total. The topological polar surface area (TPSA) is 57.7 Å². The number of carbonyl (C=O) groups excluding carboxylic acids is 1. The molecule has 1 atom stereocenters. The van der Waals surface area contributed by atoms with E-state index in [1.54, 1.807) is 17.0 Å². The minimum absolute atomic E-state index is 0.0381. The Morgan fingerprint density at radius 2 is 1.52 bits per heavy atom. The molecule has 2 saturated heterocycles. The summed E-state index contributed by atoms with van der Waals surface area (Å²) in [6.07, 6.45) is 1.89. The smallest absolute Gasteiger partial charge is 0.243 e. The summed E-state index contributed by atoms with van der Waals surface area (Å²) in [7, 11) is -3.81. The first kappa shape index (κ1) is 20.9. The second-order valence-corrected chi connectivity index (χ2v) is 10.8. The molecule has 1 spiro atoms. The zero-order chi connectivity index (χ0) is 20.8. The van der Waals surface area contributed by atoms with Crippen LogP contribution in [0.4, 0.5) is 5.69 Å². The van der Waals surface area contributed by atoms with Crippen LogP contribution in [0.15, 0.2) is 47.4 Å². The van der Waals surface area contributed by atoms with Crippen molar-refractivity contribution < 1.29 is 13.2 Å². The van der Waals surface area contributed by atoms with Gasteiger partial charge in [-0.05, 0) is 61.7 Å². The average Bonchev–Trinajstić information content (AvgIpc) is 2.98. The molecule has 2 aliphatic heterocycles. The molecule has 9 heteroatoms. The Bertz CT molecular complexity index is 1040. The van der Waals surface area contributed by atoms with E-state index in [1.165, 1.54) is 22.5 Å². The van der Waals surface area contributed by atoms with Crippen molar-refractivity contribution in [2.75, 3.05) is 24.5 Å². The molecular weight excluding hydrogens is 455 g/mol. The molecule has 0 saturated carbocycles. The molecule has 0 aliphatic carbocycles. The minimum Gasteiger partial charge on any atom is -0.312 e. The summed E-state index contributed by atoms with van der Waals surface area (Å²) >= 11 is 17.9. The van der Waals surface area contributed by atoms with E-state index in [0.29, 0.717) is 37.4 Å². The molecule has 154 valence electrons. The number of halogens is 3. The number of nitrogens with zero attached hydrogens (tertiary/aromatic N) is 2. The number of rotatable bonds is 3. The van der Waals surface area contributed by atoms with Crippen LogP contribution in [-0.2, 0) is 14.8 Å². The zero-order valence-electron chi connectivity index (χ0n) is 15.4. The summed E-state index contributed by atoms with van der Waals surface area (Å²) in [5.74, 6) is -0.0381. The van der Waals surface area contributed by atoms with Crippen LogP contribution in [0.2, 0.25) is 15.1 Å². The number of piperidine rings is 1. The summed E-state index contributed by atoms with van der Waals surface area (Å²) in [5.41, 5.74) is 0.0609.